The van der Waals surface area contributed by atoms with Crippen LogP contribution in [0.25, 0.3) is 0 Å². The minimum Gasteiger partial charge on any atom is -0.481 e. The molecule has 1 rings (SSSR count). The molecule has 0 spiro atoms. The number of piperidine rings is 1. The summed E-state index contributed by atoms with van der Waals surface area (Å²) in [6, 6.07) is 0.354. The van der Waals surface area contributed by atoms with Crippen LogP contribution >= 0.6 is 0 Å². The van der Waals surface area contributed by atoms with Gasteiger partial charge in [0.2, 0.25) is 10.0 Å². The van der Waals surface area contributed by atoms with Crippen LogP contribution in [0.5, 0.6) is 0 Å². The van der Waals surface area contributed by atoms with E-state index in [2.05, 4.69) is 5.32 Å². The number of nitrogens with one attached hydrogen (secondary N) is 1. The lowest BCUT2D eigenvalue weighted by molar-refractivity contribution is -0.137. The monoisotopic (exact) mass is 278 g/mol. The zero-order chi connectivity index (χ0) is 13.6. The van der Waals surface area contributed by atoms with E-state index in [0.29, 0.717) is 25.6 Å². The second kappa shape index (κ2) is 7.06. The molecule has 0 atom stereocenters. The first-order valence-electron chi connectivity index (χ1n) is 6.30. The summed E-state index contributed by atoms with van der Waals surface area (Å²) in [6.07, 6.45) is 4.64. The highest BCUT2D eigenvalue weighted by atomic mass is 32.2. The van der Waals surface area contributed by atoms with Gasteiger partial charge in [-0.15, -0.1) is 0 Å². The Morgan fingerprint density at radius 2 is 1.94 bits per heavy atom. The molecule has 0 bridgehead atoms. The molecule has 1 aliphatic rings. The molecule has 1 fully saturated rings. The average molecular weight is 278 g/mol. The Kier molecular flexibility index (Phi) is 6.04. The highest BCUT2D eigenvalue weighted by molar-refractivity contribution is 7.88. The van der Waals surface area contributed by atoms with Crippen molar-refractivity contribution in [3.63, 3.8) is 0 Å². The van der Waals surface area contributed by atoms with Crippen LogP contribution in [0.15, 0.2) is 0 Å². The molecule has 1 heterocycles. The molecule has 0 aliphatic carbocycles. The zero-order valence-corrected chi connectivity index (χ0v) is 11.6. The van der Waals surface area contributed by atoms with Crippen molar-refractivity contribution in [3.05, 3.63) is 0 Å². The smallest absolute Gasteiger partial charge is 0.303 e. The molecule has 106 valence electrons. The molecule has 0 aromatic carbocycles. The molecule has 2 N–H and O–H groups in total. The molecular formula is C11H22N2O4S. The molecule has 7 heteroatoms. The lowest BCUT2D eigenvalue weighted by atomic mass is 10.1. The Bertz CT molecular complexity index is 361. The Morgan fingerprint density at radius 3 is 2.44 bits per heavy atom. The van der Waals surface area contributed by atoms with Crippen molar-refractivity contribution in [3.8, 4) is 0 Å². The van der Waals surface area contributed by atoms with Gasteiger partial charge in [0.25, 0.3) is 0 Å². The third-order valence-corrected chi connectivity index (χ3v) is 4.48. The topological polar surface area (TPSA) is 86.7 Å². The molecule has 0 unspecified atom stereocenters. The predicted molar refractivity (Wildman–Crippen MR) is 68.9 cm³/mol. The Balaban J connectivity index is 2.11. The SMILES string of the molecule is CS(=O)(=O)N1CCC(NCCCCC(=O)O)CC1. The van der Waals surface area contributed by atoms with Gasteiger partial charge in [0.1, 0.15) is 0 Å². The van der Waals surface area contributed by atoms with Gasteiger partial charge < -0.3 is 10.4 Å². The standard InChI is InChI=1S/C11H22N2O4S/c1-18(16,17)13-8-5-10(6-9-13)12-7-3-2-4-11(14)15/h10,12H,2-9H2,1H3,(H,14,15). The summed E-state index contributed by atoms with van der Waals surface area (Å²) in [6.45, 7) is 1.95. The summed E-state index contributed by atoms with van der Waals surface area (Å²) in [5.74, 6) is -0.753. The number of aliphatic carboxylic acids is 1. The summed E-state index contributed by atoms with van der Waals surface area (Å²) in [5, 5.41) is 11.8. The van der Waals surface area contributed by atoms with Crippen molar-refractivity contribution in [2.75, 3.05) is 25.9 Å². The van der Waals surface area contributed by atoms with Crippen molar-refractivity contribution in [1.82, 2.24) is 9.62 Å². The van der Waals surface area contributed by atoms with E-state index in [1.165, 1.54) is 10.6 Å². The fourth-order valence-electron chi connectivity index (χ4n) is 2.10. The van der Waals surface area contributed by atoms with E-state index in [4.69, 9.17) is 5.11 Å². The number of carbonyl (C=O) groups is 1. The van der Waals surface area contributed by atoms with E-state index in [0.717, 1.165) is 25.8 Å². The molecule has 0 aromatic rings. The predicted octanol–water partition coefficient (Wildman–Crippen LogP) is 0.255. The minimum absolute atomic E-state index is 0.216. The summed E-state index contributed by atoms with van der Waals surface area (Å²) in [5.41, 5.74) is 0. The minimum atomic E-state index is -3.05. The molecule has 0 radical (unpaired) electrons. The van der Waals surface area contributed by atoms with Crippen molar-refractivity contribution in [2.24, 2.45) is 0 Å². The lowest BCUT2D eigenvalue weighted by Crippen LogP contribution is -2.44. The second-order valence-corrected chi connectivity index (χ2v) is 6.72. The van der Waals surface area contributed by atoms with Gasteiger partial charge in [-0.3, -0.25) is 4.79 Å². The normalized spacial score (nSPS) is 18.9. The maximum absolute atomic E-state index is 11.3. The van der Waals surface area contributed by atoms with Crippen LogP contribution in [0, 0.1) is 0 Å². The fraction of sp³-hybridized carbons (Fsp3) is 0.909. The van der Waals surface area contributed by atoms with Crippen LogP contribution in [-0.4, -0.2) is 55.7 Å². The number of unbranched alkanes of at least 4 members (excludes halogenated alkanes) is 1. The van der Waals surface area contributed by atoms with Crippen LogP contribution in [0.1, 0.15) is 32.1 Å². The number of rotatable bonds is 7. The van der Waals surface area contributed by atoms with Crippen LogP contribution in [-0.2, 0) is 14.8 Å². The van der Waals surface area contributed by atoms with Gasteiger partial charge in [0.15, 0.2) is 0 Å². The third kappa shape index (κ3) is 5.79. The van der Waals surface area contributed by atoms with Gasteiger partial charge >= 0.3 is 5.97 Å². The molecule has 0 saturated carbocycles. The zero-order valence-electron chi connectivity index (χ0n) is 10.8. The van der Waals surface area contributed by atoms with E-state index in [1.54, 1.807) is 0 Å². The number of carboxylic acid groups (broad SMARTS) is 1. The molecule has 0 amide bonds. The summed E-state index contributed by atoms with van der Waals surface area (Å²) >= 11 is 0. The van der Waals surface area contributed by atoms with E-state index >= 15 is 0 Å². The van der Waals surface area contributed by atoms with Gasteiger partial charge in [-0.05, 0) is 32.2 Å². The molecular weight excluding hydrogens is 256 g/mol. The number of carboxylic acids is 1. The molecule has 1 saturated heterocycles. The van der Waals surface area contributed by atoms with Crippen LogP contribution < -0.4 is 5.32 Å². The largest absolute Gasteiger partial charge is 0.481 e. The van der Waals surface area contributed by atoms with Gasteiger partial charge in [0.05, 0.1) is 6.26 Å². The van der Waals surface area contributed by atoms with Gasteiger partial charge in [0, 0.05) is 25.6 Å². The van der Waals surface area contributed by atoms with E-state index in [-0.39, 0.29) is 6.42 Å². The van der Waals surface area contributed by atoms with Crippen molar-refractivity contribution in [1.29, 1.82) is 0 Å². The van der Waals surface area contributed by atoms with Crippen molar-refractivity contribution < 1.29 is 18.3 Å². The summed E-state index contributed by atoms with van der Waals surface area (Å²) < 4.78 is 24.1. The van der Waals surface area contributed by atoms with Crippen molar-refractivity contribution >= 4 is 16.0 Å². The number of nitrogens with zero attached hydrogens (tertiary/aromatic N) is 1. The number of hydrogen-bond donors (Lipinski definition) is 2. The van der Waals surface area contributed by atoms with Crippen LogP contribution in [0.2, 0.25) is 0 Å². The second-order valence-electron chi connectivity index (χ2n) is 4.74. The van der Waals surface area contributed by atoms with E-state index < -0.39 is 16.0 Å². The maximum atomic E-state index is 11.3. The van der Waals surface area contributed by atoms with E-state index in [9.17, 15) is 13.2 Å². The summed E-state index contributed by atoms with van der Waals surface area (Å²) in [4.78, 5) is 10.3. The quantitative estimate of drug-likeness (QED) is 0.652. The number of sulfonamides is 1. The van der Waals surface area contributed by atoms with E-state index in [1.807, 2.05) is 0 Å². The van der Waals surface area contributed by atoms with Crippen molar-refractivity contribution in [2.45, 2.75) is 38.1 Å². The first-order chi connectivity index (χ1) is 8.39. The average Bonchev–Trinajstić information content (AvgIpc) is 2.27. The first-order valence-corrected chi connectivity index (χ1v) is 8.14. The third-order valence-electron chi connectivity index (χ3n) is 3.17. The number of hydrogen-bond acceptors (Lipinski definition) is 4. The Labute approximate surface area is 108 Å². The summed E-state index contributed by atoms with van der Waals surface area (Å²) in [7, 11) is -3.05. The van der Waals surface area contributed by atoms with Gasteiger partial charge in [-0.2, -0.15) is 0 Å². The fourth-order valence-corrected chi connectivity index (χ4v) is 2.97. The molecule has 6 nitrogen and oxygen atoms in total. The van der Waals surface area contributed by atoms with Crippen LogP contribution in [0.3, 0.4) is 0 Å². The van der Waals surface area contributed by atoms with Gasteiger partial charge in [-0.25, -0.2) is 12.7 Å². The highest BCUT2D eigenvalue weighted by Gasteiger charge is 2.24. The Morgan fingerprint density at radius 1 is 1.33 bits per heavy atom. The Hall–Kier alpha value is -0.660. The molecule has 18 heavy (non-hydrogen) atoms. The first kappa shape index (κ1) is 15.4. The lowest BCUT2D eigenvalue weighted by Gasteiger charge is -2.30. The molecule has 0 aromatic heterocycles. The maximum Gasteiger partial charge on any atom is 0.303 e. The highest BCUT2D eigenvalue weighted by Crippen LogP contribution is 2.13. The van der Waals surface area contributed by atoms with Gasteiger partial charge in [-0.1, -0.05) is 0 Å². The molecule has 1 aliphatic heterocycles. The van der Waals surface area contributed by atoms with Crippen LogP contribution in [0.4, 0.5) is 0 Å².